The molecule has 1 aromatic carbocycles. The number of nitrogens with one attached hydrogen (secondary N) is 2. The summed E-state index contributed by atoms with van der Waals surface area (Å²) in [4.78, 5) is 53.1. The first-order chi connectivity index (χ1) is 24.2. The molecule has 2 saturated carbocycles. The lowest BCUT2D eigenvalue weighted by molar-refractivity contribution is -0.140. The molecule has 274 valence electrons. The first-order valence-electron chi connectivity index (χ1n) is 17.3. The molecule has 13 nitrogen and oxygen atoms in total. The molecule has 0 spiro atoms. The molecule has 3 heterocycles. The highest BCUT2D eigenvalue weighted by Gasteiger charge is 2.62. The Morgan fingerprint density at radius 2 is 1.90 bits per heavy atom. The zero-order chi connectivity index (χ0) is 36.7. The number of pyridine rings is 1. The Hall–Kier alpha value is -4.08. The lowest BCUT2D eigenvalue weighted by Gasteiger charge is -2.27. The molecule has 0 saturated heterocycles. The zero-order valence-electron chi connectivity index (χ0n) is 29.8. The first kappa shape index (κ1) is 36.7. The summed E-state index contributed by atoms with van der Waals surface area (Å²) in [6, 6.07) is 7.40. The van der Waals surface area contributed by atoms with Crippen LogP contribution in [0.4, 0.5) is 0 Å². The number of thiazole rings is 1. The molecule has 3 amide bonds. The largest absolute Gasteiger partial charge is 0.497 e. The Morgan fingerprint density at radius 1 is 1.14 bits per heavy atom. The molecular formula is C36H46N6O7S2. The van der Waals surface area contributed by atoms with Gasteiger partial charge in [-0.3, -0.25) is 14.4 Å². The number of fused-ring (bicyclic) bond motifs is 3. The van der Waals surface area contributed by atoms with Crippen molar-refractivity contribution in [3.05, 3.63) is 47.5 Å². The molecule has 5 atom stereocenters. The minimum Gasteiger partial charge on any atom is -0.497 e. The number of carbonyl (C=O) groups excluding carboxylic acids is 3. The molecule has 3 aliphatic rings. The minimum atomic E-state index is -4.10. The maximum atomic E-state index is 14.2. The maximum absolute atomic E-state index is 14.2. The number of aromatic nitrogens is 2. The van der Waals surface area contributed by atoms with Gasteiger partial charge in [-0.1, -0.05) is 26.0 Å². The number of nitrogens with zero attached hydrogens (tertiary/aromatic N) is 4. The van der Waals surface area contributed by atoms with Crippen molar-refractivity contribution in [2.45, 2.75) is 69.9 Å². The van der Waals surface area contributed by atoms with Gasteiger partial charge in [0.05, 0.1) is 30.2 Å². The van der Waals surface area contributed by atoms with Crippen molar-refractivity contribution >= 4 is 50.2 Å². The highest BCUT2D eigenvalue weighted by atomic mass is 32.2. The van der Waals surface area contributed by atoms with Crippen LogP contribution < -0.4 is 19.5 Å². The van der Waals surface area contributed by atoms with Crippen LogP contribution in [0, 0.1) is 17.8 Å². The van der Waals surface area contributed by atoms with E-state index >= 15 is 0 Å². The molecular weight excluding hydrogens is 693 g/mol. The summed E-state index contributed by atoms with van der Waals surface area (Å²) < 4.78 is 40.5. The van der Waals surface area contributed by atoms with Gasteiger partial charge in [-0.25, -0.2) is 14.7 Å². The van der Waals surface area contributed by atoms with Gasteiger partial charge in [0, 0.05) is 56.5 Å². The fourth-order valence-corrected chi connectivity index (χ4v) is 8.41. The fourth-order valence-electron chi connectivity index (χ4n) is 6.87. The molecule has 2 aromatic heterocycles. The molecule has 0 unspecified atom stereocenters. The number of hydrogen-bond acceptors (Lipinski definition) is 10. The number of rotatable bonds is 8. The van der Waals surface area contributed by atoms with E-state index in [0.29, 0.717) is 29.3 Å². The van der Waals surface area contributed by atoms with Crippen molar-refractivity contribution in [1.82, 2.24) is 29.2 Å². The van der Waals surface area contributed by atoms with Crippen molar-refractivity contribution in [3.63, 3.8) is 0 Å². The molecule has 51 heavy (non-hydrogen) atoms. The van der Waals surface area contributed by atoms with E-state index in [1.807, 2.05) is 41.8 Å². The fraction of sp³-hybridized carbons (Fsp3) is 0.528. The van der Waals surface area contributed by atoms with Crippen LogP contribution in [-0.2, 0) is 24.6 Å². The summed E-state index contributed by atoms with van der Waals surface area (Å²) in [7, 11) is 1.88. The lowest BCUT2D eigenvalue weighted by atomic mass is 9.93. The Morgan fingerprint density at radius 3 is 2.61 bits per heavy atom. The highest BCUT2D eigenvalue weighted by Crippen LogP contribution is 2.47. The summed E-state index contributed by atoms with van der Waals surface area (Å²) in [5.41, 5.74) is 0.814. The number of hydrogen-bond donors (Lipinski definition) is 2. The minimum absolute atomic E-state index is 0.163. The summed E-state index contributed by atoms with van der Waals surface area (Å²) in [6.45, 7) is 4.72. The second kappa shape index (κ2) is 14.5. The number of ether oxygens (including phenoxy) is 2. The van der Waals surface area contributed by atoms with Gasteiger partial charge in [0.25, 0.3) is 5.91 Å². The summed E-state index contributed by atoms with van der Waals surface area (Å²) in [5, 5.41) is 6.43. The molecule has 15 heteroatoms. The number of benzene rings is 1. The van der Waals surface area contributed by atoms with Crippen LogP contribution in [0.3, 0.4) is 0 Å². The second-order valence-electron chi connectivity index (χ2n) is 14.2. The third kappa shape index (κ3) is 7.61. The normalized spacial score (nSPS) is 25.7. The number of amides is 3. The second-order valence-corrected chi connectivity index (χ2v) is 17.0. The van der Waals surface area contributed by atoms with Crippen molar-refractivity contribution in [1.29, 1.82) is 0 Å². The van der Waals surface area contributed by atoms with Crippen molar-refractivity contribution < 1.29 is 32.3 Å². The van der Waals surface area contributed by atoms with Gasteiger partial charge in [-0.2, -0.15) is 12.7 Å². The molecule has 0 bridgehead atoms. The van der Waals surface area contributed by atoms with Crippen LogP contribution in [0.1, 0.15) is 64.0 Å². The van der Waals surface area contributed by atoms with E-state index in [-0.39, 0.29) is 37.0 Å². The number of allylic oxidation sites excluding steroid dienone is 1. The molecule has 2 fully saturated rings. The van der Waals surface area contributed by atoms with Crippen LogP contribution in [-0.4, -0.2) is 91.8 Å². The Kier molecular flexibility index (Phi) is 10.4. The summed E-state index contributed by atoms with van der Waals surface area (Å²) >= 11 is 1.50. The van der Waals surface area contributed by atoms with E-state index in [1.54, 1.807) is 19.1 Å². The Balaban J connectivity index is 1.33. The molecule has 2 aliphatic carbocycles. The summed E-state index contributed by atoms with van der Waals surface area (Å²) in [5.74, 6) is -1.90. The highest BCUT2D eigenvalue weighted by molar-refractivity contribution is 7.87. The van der Waals surface area contributed by atoms with Gasteiger partial charge in [-0.15, -0.1) is 11.3 Å². The van der Waals surface area contributed by atoms with Gasteiger partial charge in [0.15, 0.2) is 0 Å². The predicted octanol–water partition coefficient (Wildman–Crippen LogP) is 4.26. The van der Waals surface area contributed by atoms with Crippen LogP contribution >= 0.6 is 11.3 Å². The van der Waals surface area contributed by atoms with E-state index in [1.165, 1.54) is 25.4 Å². The molecule has 2 N–H and O–H groups in total. The van der Waals surface area contributed by atoms with E-state index in [4.69, 9.17) is 19.4 Å². The third-order valence-electron chi connectivity index (χ3n) is 10.1. The third-order valence-corrected chi connectivity index (χ3v) is 12.4. The quantitative estimate of drug-likeness (QED) is 0.322. The average Bonchev–Trinajstić information content (AvgIpc) is 3.38. The number of carbonyl (C=O) groups is 3. The van der Waals surface area contributed by atoms with E-state index in [0.717, 1.165) is 39.7 Å². The van der Waals surface area contributed by atoms with Gasteiger partial charge < -0.3 is 19.7 Å². The van der Waals surface area contributed by atoms with Gasteiger partial charge in [0.1, 0.15) is 33.8 Å². The van der Waals surface area contributed by atoms with Crippen molar-refractivity contribution in [2.75, 3.05) is 34.8 Å². The standard InChI is InChI=1S/C36H46N6O7S2/c1-21(2)30-20-50-33(38-30)29-18-31(25-13-12-23(48-6)17-28(25)37-29)49-24-15-26-27(16-24)34(44)42(5)14-10-8-7-9-11-22-19-36(22,39-32(26)43)35(45)40-51(46,47)41(3)4/h9,11-13,17-18,20-22,24,26-27H,7-8,10,14-16,19H2,1-6H3,(H,39,43)(H,40,45)/t22-,24-,26-,27-,36-/m1/s1. The Bertz CT molecular complexity index is 1960. The van der Waals surface area contributed by atoms with Crippen LogP contribution in [0.2, 0.25) is 0 Å². The molecule has 6 rings (SSSR count). The topological polar surface area (TPSA) is 160 Å². The molecule has 1 aliphatic heterocycles. The van der Waals surface area contributed by atoms with Crippen LogP contribution in [0.5, 0.6) is 11.5 Å². The van der Waals surface area contributed by atoms with Gasteiger partial charge >= 0.3 is 10.2 Å². The first-order valence-corrected chi connectivity index (χ1v) is 19.6. The van der Waals surface area contributed by atoms with Crippen LogP contribution in [0.15, 0.2) is 41.8 Å². The van der Waals surface area contributed by atoms with Crippen molar-refractivity contribution in [2.24, 2.45) is 17.8 Å². The maximum Gasteiger partial charge on any atom is 0.303 e. The predicted molar refractivity (Wildman–Crippen MR) is 194 cm³/mol. The zero-order valence-corrected chi connectivity index (χ0v) is 31.5. The van der Waals surface area contributed by atoms with Gasteiger partial charge in [-0.05, 0) is 56.6 Å². The Labute approximate surface area is 303 Å². The van der Waals surface area contributed by atoms with Crippen molar-refractivity contribution in [3.8, 4) is 22.2 Å². The monoisotopic (exact) mass is 738 g/mol. The van der Waals surface area contributed by atoms with E-state index < -0.39 is 45.5 Å². The lowest BCUT2D eigenvalue weighted by Crippen LogP contribution is -2.55. The van der Waals surface area contributed by atoms with Gasteiger partial charge in [0.2, 0.25) is 11.8 Å². The molecule has 3 aromatic rings. The van der Waals surface area contributed by atoms with E-state index in [2.05, 4.69) is 23.9 Å². The van der Waals surface area contributed by atoms with E-state index in [9.17, 15) is 22.8 Å². The smallest absolute Gasteiger partial charge is 0.303 e. The SMILES string of the molecule is COc1ccc2c(O[C@@H]3C[C@H]4C(=O)N[C@]5(C(=O)NS(=O)(=O)N(C)C)C[C@H]5C=CCCCCN(C)C(=O)[C@@H]4C3)cc(-c3nc(C(C)C)cs3)nc2c1. The summed E-state index contributed by atoms with van der Waals surface area (Å²) in [6.07, 6.45) is 6.41. The van der Waals surface area contributed by atoms with Crippen LogP contribution in [0.25, 0.3) is 21.6 Å². The average molecular weight is 739 g/mol. The number of methoxy groups -OCH3 is 1. The molecule has 0 radical (unpaired) electrons.